The van der Waals surface area contributed by atoms with Gasteiger partial charge in [-0.15, -0.1) is 0 Å². The summed E-state index contributed by atoms with van der Waals surface area (Å²) in [7, 11) is 1.40. The van der Waals surface area contributed by atoms with Gasteiger partial charge in [-0.3, -0.25) is 19.2 Å². The van der Waals surface area contributed by atoms with E-state index in [1.807, 2.05) is 0 Å². The molecule has 36 heavy (non-hydrogen) atoms. The number of hydrogen-bond donors (Lipinski definition) is 4. The van der Waals surface area contributed by atoms with Crippen LogP contribution in [-0.2, 0) is 33.4 Å². The number of benzene rings is 1. The standard InChI is InChI=1S/C24H33N3O9/c1-5-35-22(31)12-9-17(24(33)36-6-2)27-23(32)15(3)26-21(30)14-25-20(29)11-8-16-7-10-18(28)19(13-16)34-4/h7-8,10-11,13,15,17,28H,5-6,9,12,14H2,1-4H3,(H,25,29)(H,26,30)(H,27,32)/b11-8+/t15-,17-/m1/s1. The van der Waals surface area contributed by atoms with Crippen LogP contribution >= 0.6 is 0 Å². The molecule has 1 aromatic rings. The minimum absolute atomic E-state index is 0.0284. The van der Waals surface area contributed by atoms with Gasteiger partial charge in [0.15, 0.2) is 11.5 Å². The van der Waals surface area contributed by atoms with Crippen molar-refractivity contribution in [2.24, 2.45) is 0 Å². The first-order valence-corrected chi connectivity index (χ1v) is 11.4. The number of ether oxygens (including phenoxy) is 3. The number of carbonyl (C=O) groups is 5. The van der Waals surface area contributed by atoms with E-state index >= 15 is 0 Å². The molecule has 0 unspecified atom stereocenters. The third kappa shape index (κ3) is 10.9. The number of hydrogen-bond acceptors (Lipinski definition) is 9. The van der Waals surface area contributed by atoms with Crippen LogP contribution in [0.4, 0.5) is 0 Å². The van der Waals surface area contributed by atoms with Crippen molar-refractivity contribution >= 4 is 35.7 Å². The minimum atomic E-state index is -1.09. The summed E-state index contributed by atoms with van der Waals surface area (Å²) in [6.07, 6.45) is 2.54. The summed E-state index contributed by atoms with van der Waals surface area (Å²) in [4.78, 5) is 60.3. The number of methoxy groups -OCH3 is 1. The SMILES string of the molecule is CCOC(=O)CC[C@@H](NC(=O)[C@@H](C)NC(=O)CNC(=O)/C=C/c1ccc(O)c(OC)c1)C(=O)OCC. The van der Waals surface area contributed by atoms with E-state index < -0.39 is 48.3 Å². The van der Waals surface area contributed by atoms with Crippen LogP contribution in [0.5, 0.6) is 11.5 Å². The highest BCUT2D eigenvalue weighted by Crippen LogP contribution is 2.26. The van der Waals surface area contributed by atoms with E-state index in [1.54, 1.807) is 19.9 Å². The molecule has 3 amide bonds. The van der Waals surface area contributed by atoms with E-state index in [0.29, 0.717) is 5.56 Å². The second kappa shape index (κ2) is 15.7. The second-order valence-corrected chi connectivity index (χ2v) is 7.43. The van der Waals surface area contributed by atoms with Crippen LogP contribution in [0.2, 0.25) is 0 Å². The predicted octanol–water partition coefficient (Wildman–Crippen LogP) is 0.426. The molecule has 0 aliphatic rings. The van der Waals surface area contributed by atoms with Gasteiger partial charge in [0.1, 0.15) is 12.1 Å². The number of nitrogens with one attached hydrogen (secondary N) is 3. The van der Waals surface area contributed by atoms with E-state index in [1.165, 1.54) is 38.3 Å². The third-order valence-corrected chi connectivity index (χ3v) is 4.65. The lowest BCUT2D eigenvalue weighted by molar-refractivity contribution is -0.149. The Morgan fingerprint density at radius 3 is 2.39 bits per heavy atom. The first kappa shape index (κ1) is 29.9. The monoisotopic (exact) mass is 507 g/mol. The van der Waals surface area contributed by atoms with Crippen molar-refractivity contribution in [1.82, 2.24) is 16.0 Å². The molecule has 0 aliphatic carbocycles. The van der Waals surface area contributed by atoms with Gasteiger partial charge in [0, 0.05) is 12.5 Å². The summed E-state index contributed by atoms with van der Waals surface area (Å²) in [6, 6.07) is 2.39. The highest BCUT2D eigenvalue weighted by molar-refractivity contribution is 5.95. The van der Waals surface area contributed by atoms with Gasteiger partial charge >= 0.3 is 11.9 Å². The zero-order valence-corrected chi connectivity index (χ0v) is 20.8. The Morgan fingerprint density at radius 1 is 1.06 bits per heavy atom. The van der Waals surface area contributed by atoms with Crippen LogP contribution < -0.4 is 20.7 Å². The molecule has 0 spiro atoms. The number of esters is 2. The molecule has 0 heterocycles. The fraction of sp³-hybridized carbons (Fsp3) is 0.458. The highest BCUT2D eigenvalue weighted by Gasteiger charge is 2.26. The molecule has 198 valence electrons. The molecule has 1 rings (SSSR count). The molecule has 0 saturated carbocycles. The van der Waals surface area contributed by atoms with Crippen molar-refractivity contribution in [3.05, 3.63) is 29.8 Å². The molecule has 0 fully saturated rings. The first-order chi connectivity index (χ1) is 17.1. The van der Waals surface area contributed by atoms with Gasteiger partial charge in [0.2, 0.25) is 17.7 Å². The zero-order chi connectivity index (χ0) is 27.1. The summed E-state index contributed by atoms with van der Waals surface area (Å²) in [5, 5.41) is 16.8. The maximum Gasteiger partial charge on any atom is 0.328 e. The van der Waals surface area contributed by atoms with Gasteiger partial charge < -0.3 is 35.3 Å². The molecule has 2 atom stereocenters. The lowest BCUT2D eigenvalue weighted by atomic mass is 10.1. The van der Waals surface area contributed by atoms with Crippen LogP contribution in [0.15, 0.2) is 24.3 Å². The van der Waals surface area contributed by atoms with Gasteiger partial charge in [0.25, 0.3) is 0 Å². The number of phenols is 1. The van der Waals surface area contributed by atoms with Crippen molar-refractivity contribution in [1.29, 1.82) is 0 Å². The highest BCUT2D eigenvalue weighted by atomic mass is 16.5. The molecule has 12 heteroatoms. The molecule has 0 saturated heterocycles. The average molecular weight is 508 g/mol. The number of rotatable bonds is 14. The Kier molecular flexibility index (Phi) is 13.1. The molecule has 0 aliphatic heterocycles. The van der Waals surface area contributed by atoms with Crippen LogP contribution in [0.3, 0.4) is 0 Å². The average Bonchev–Trinajstić information content (AvgIpc) is 2.84. The van der Waals surface area contributed by atoms with Crippen molar-refractivity contribution < 1.29 is 43.3 Å². The maximum absolute atomic E-state index is 12.5. The number of carbonyl (C=O) groups excluding carboxylic acids is 5. The van der Waals surface area contributed by atoms with Crippen molar-refractivity contribution in [2.75, 3.05) is 26.9 Å². The number of aromatic hydroxyl groups is 1. The summed E-state index contributed by atoms with van der Waals surface area (Å²) in [5.41, 5.74) is 0.591. The van der Waals surface area contributed by atoms with Gasteiger partial charge in [-0.05, 0) is 51.0 Å². The normalized spacial score (nSPS) is 12.2. The number of amides is 3. The third-order valence-electron chi connectivity index (χ3n) is 4.65. The molecule has 0 bridgehead atoms. The lowest BCUT2D eigenvalue weighted by Gasteiger charge is -2.20. The quantitative estimate of drug-likeness (QED) is 0.206. The summed E-state index contributed by atoms with van der Waals surface area (Å²) in [6.45, 7) is 4.54. The molecular weight excluding hydrogens is 474 g/mol. The number of phenolic OH excluding ortho intramolecular Hbond substituents is 1. The zero-order valence-electron chi connectivity index (χ0n) is 20.8. The smallest absolute Gasteiger partial charge is 0.328 e. The molecule has 0 radical (unpaired) electrons. The first-order valence-electron chi connectivity index (χ1n) is 11.4. The van der Waals surface area contributed by atoms with E-state index in [0.717, 1.165) is 0 Å². The maximum atomic E-state index is 12.5. The Hall–Kier alpha value is -4.09. The van der Waals surface area contributed by atoms with Crippen LogP contribution in [0.1, 0.15) is 39.2 Å². The minimum Gasteiger partial charge on any atom is -0.504 e. The molecule has 0 aromatic heterocycles. The van der Waals surface area contributed by atoms with Crippen molar-refractivity contribution in [2.45, 2.75) is 45.7 Å². The fourth-order valence-electron chi connectivity index (χ4n) is 2.84. The van der Waals surface area contributed by atoms with Crippen molar-refractivity contribution in [3.8, 4) is 11.5 Å². The lowest BCUT2D eigenvalue weighted by Crippen LogP contribution is -2.52. The van der Waals surface area contributed by atoms with E-state index in [2.05, 4.69) is 16.0 Å². The van der Waals surface area contributed by atoms with E-state index in [4.69, 9.17) is 14.2 Å². The molecular formula is C24H33N3O9. The fourth-order valence-corrected chi connectivity index (χ4v) is 2.84. The van der Waals surface area contributed by atoms with Crippen LogP contribution in [0.25, 0.3) is 6.08 Å². The van der Waals surface area contributed by atoms with E-state index in [9.17, 15) is 29.1 Å². The van der Waals surface area contributed by atoms with Crippen molar-refractivity contribution in [3.63, 3.8) is 0 Å². The Balaban J connectivity index is 2.56. The Labute approximate surface area is 209 Å². The summed E-state index contributed by atoms with van der Waals surface area (Å²) < 4.78 is 14.7. The molecule has 1 aromatic carbocycles. The van der Waals surface area contributed by atoms with E-state index in [-0.39, 0.29) is 37.6 Å². The van der Waals surface area contributed by atoms with Crippen LogP contribution in [-0.4, -0.2) is 73.7 Å². The van der Waals surface area contributed by atoms with Gasteiger partial charge in [-0.1, -0.05) is 6.07 Å². The Morgan fingerprint density at radius 2 is 1.75 bits per heavy atom. The molecule has 12 nitrogen and oxygen atoms in total. The van der Waals surface area contributed by atoms with Gasteiger partial charge in [-0.2, -0.15) is 0 Å². The summed E-state index contributed by atoms with van der Waals surface area (Å²) >= 11 is 0. The largest absolute Gasteiger partial charge is 0.504 e. The molecule has 4 N–H and O–H groups in total. The van der Waals surface area contributed by atoms with Gasteiger partial charge in [-0.25, -0.2) is 4.79 Å². The van der Waals surface area contributed by atoms with Gasteiger partial charge in [0.05, 0.1) is 26.9 Å². The summed E-state index contributed by atoms with van der Waals surface area (Å²) in [5.74, 6) is -2.88. The Bertz CT molecular complexity index is 962. The van der Waals surface area contributed by atoms with Crippen LogP contribution in [0, 0.1) is 0 Å². The topological polar surface area (TPSA) is 169 Å². The predicted molar refractivity (Wildman–Crippen MR) is 129 cm³/mol. The second-order valence-electron chi connectivity index (χ2n) is 7.43.